The van der Waals surface area contributed by atoms with Gasteiger partial charge in [-0.25, -0.2) is 15.0 Å². The molecule has 0 radical (unpaired) electrons. The van der Waals surface area contributed by atoms with Crippen molar-refractivity contribution in [1.29, 1.82) is 0 Å². The zero-order chi connectivity index (χ0) is 30.2. The summed E-state index contributed by atoms with van der Waals surface area (Å²) in [4.78, 5) is 30.8. The van der Waals surface area contributed by atoms with E-state index in [4.69, 9.17) is 10.1 Å². The number of amides is 1. The Bertz CT molecular complexity index is 1780. The number of hydrogen-bond donors (Lipinski definition) is 1. The third kappa shape index (κ3) is 5.61. The van der Waals surface area contributed by atoms with E-state index in [1.54, 1.807) is 6.20 Å². The van der Waals surface area contributed by atoms with Crippen molar-refractivity contribution >= 4 is 38.5 Å². The van der Waals surface area contributed by atoms with Crippen LogP contribution in [0, 0.1) is 12.8 Å². The summed E-state index contributed by atoms with van der Waals surface area (Å²) >= 11 is 1.39. The Balaban J connectivity index is 1.13. The molecule has 0 spiro atoms. The first-order valence-corrected chi connectivity index (χ1v) is 16.7. The lowest BCUT2D eigenvalue weighted by Gasteiger charge is -2.31. The van der Waals surface area contributed by atoms with Gasteiger partial charge in [-0.05, 0) is 79.5 Å². The first kappa shape index (κ1) is 28.6. The summed E-state index contributed by atoms with van der Waals surface area (Å²) < 4.78 is 2.21. The van der Waals surface area contributed by atoms with E-state index >= 15 is 0 Å². The maximum Gasteiger partial charge on any atom is 0.257 e. The summed E-state index contributed by atoms with van der Waals surface area (Å²) in [5.74, 6) is 1.79. The van der Waals surface area contributed by atoms with Crippen molar-refractivity contribution in [2.75, 3.05) is 16.8 Å². The Labute approximate surface area is 262 Å². The van der Waals surface area contributed by atoms with E-state index in [9.17, 15) is 4.79 Å². The Morgan fingerprint density at radius 2 is 1.91 bits per heavy atom. The van der Waals surface area contributed by atoms with Crippen molar-refractivity contribution in [1.82, 2.24) is 24.7 Å². The molecule has 8 nitrogen and oxygen atoms in total. The maximum atomic E-state index is 13.5. The number of benzene rings is 1. The molecule has 0 unspecified atom stereocenters. The average Bonchev–Trinajstić information content (AvgIpc) is 3.62. The number of fused-ring (bicyclic) bond motifs is 2. The molecule has 5 aromatic rings. The Morgan fingerprint density at radius 3 is 2.73 bits per heavy atom. The zero-order valence-electron chi connectivity index (χ0n) is 25.7. The molecule has 0 atom stereocenters. The molecule has 1 saturated carbocycles. The van der Waals surface area contributed by atoms with Crippen molar-refractivity contribution in [3.8, 4) is 11.1 Å². The van der Waals surface area contributed by atoms with Gasteiger partial charge in [-0.2, -0.15) is 5.10 Å². The minimum absolute atomic E-state index is 0.144. The van der Waals surface area contributed by atoms with Crippen LogP contribution >= 0.6 is 11.3 Å². The van der Waals surface area contributed by atoms with E-state index in [0.29, 0.717) is 17.2 Å². The summed E-state index contributed by atoms with van der Waals surface area (Å²) in [6.45, 7) is 9.10. The summed E-state index contributed by atoms with van der Waals surface area (Å²) in [6.07, 6.45) is 11.3. The smallest absolute Gasteiger partial charge is 0.257 e. The van der Waals surface area contributed by atoms with E-state index in [1.807, 2.05) is 30.5 Å². The SMILES string of the molecule is Cc1c(-c2ccc(N3CCc4cccc(C(=O)Nc5nc6cccnc6s5)c4C3)nc2C(C)C)cnn1CC1CCCCC1. The van der Waals surface area contributed by atoms with E-state index in [2.05, 4.69) is 63.8 Å². The zero-order valence-corrected chi connectivity index (χ0v) is 26.5. The second kappa shape index (κ2) is 12.1. The van der Waals surface area contributed by atoms with Gasteiger partial charge in [0.15, 0.2) is 5.13 Å². The number of hydrogen-bond acceptors (Lipinski definition) is 7. The number of thiazole rings is 1. The second-order valence-electron chi connectivity index (χ2n) is 12.5. The Hall–Kier alpha value is -4.11. The predicted octanol–water partition coefficient (Wildman–Crippen LogP) is 7.78. The summed E-state index contributed by atoms with van der Waals surface area (Å²) in [6, 6.07) is 14.1. The third-order valence-corrected chi connectivity index (χ3v) is 10.1. The Morgan fingerprint density at radius 1 is 1.05 bits per heavy atom. The number of nitrogens with one attached hydrogen (secondary N) is 1. The highest BCUT2D eigenvalue weighted by atomic mass is 32.1. The number of anilines is 2. The summed E-state index contributed by atoms with van der Waals surface area (Å²) in [5, 5.41) is 8.41. The molecule has 4 aromatic heterocycles. The molecular weight excluding hydrogens is 567 g/mol. The molecule has 0 saturated heterocycles. The first-order chi connectivity index (χ1) is 21.4. The van der Waals surface area contributed by atoms with Crippen molar-refractivity contribution in [3.05, 3.63) is 82.9 Å². The van der Waals surface area contributed by atoms with Crippen LogP contribution in [0.1, 0.15) is 84.7 Å². The van der Waals surface area contributed by atoms with Gasteiger partial charge in [-0.1, -0.05) is 56.6 Å². The van der Waals surface area contributed by atoms with Gasteiger partial charge in [0, 0.05) is 48.2 Å². The number of pyridine rings is 2. The predicted molar refractivity (Wildman–Crippen MR) is 177 cm³/mol. The lowest BCUT2D eigenvalue weighted by molar-refractivity contribution is 0.102. The molecule has 1 aliphatic carbocycles. The highest BCUT2D eigenvalue weighted by molar-refractivity contribution is 7.21. The van der Waals surface area contributed by atoms with Crippen LogP contribution in [0.15, 0.2) is 54.9 Å². The summed E-state index contributed by atoms with van der Waals surface area (Å²) in [5.41, 5.74) is 8.38. The van der Waals surface area contributed by atoms with Crippen molar-refractivity contribution in [2.45, 2.75) is 78.3 Å². The number of aromatic nitrogens is 5. The largest absolute Gasteiger partial charge is 0.352 e. The fourth-order valence-electron chi connectivity index (χ4n) is 6.79. The molecule has 226 valence electrons. The van der Waals surface area contributed by atoms with Gasteiger partial charge in [0.05, 0.1) is 11.9 Å². The maximum absolute atomic E-state index is 13.5. The van der Waals surface area contributed by atoms with Crippen molar-refractivity contribution in [3.63, 3.8) is 0 Å². The quantitative estimate of drug-likeness (QED) is 0.204. The highest BCUT2D eigenvalue weighted by Gasteiger charge is 2.25. The molecule has 2 aliphatic rings. The van der Waals surface area contributed by atoms with Crippen molar-refractivity contribution < 1.29 is 4.79 Å². The standard InChI is InChI=1S/C35H39N7OS/c1-22(2)32-26(28-19-37-42(23(28)3)20-24-9-5-4-6-10-24)14-15-31(39-32)41-18-16-25-11-7-12-27(29(25)21-41)33(43)40-35-38-30-13-8-17-36-34(30)44-35/h7-8,11-15,17,19,22,24H,4-6,9-10,16,18,20-21H2,1-3H3,(H,38,40,43). The van der Waals surface area contributed by atoms with Gasteiger partial charge < -0.3 is 4.90 Å². The average molecular weight is 606 g/mol. The topological polar surface area (TPSA) is 88.8 Å². The van der Waals surface area contributed by atoms with Crippen LogP contribution in [0.2, 0.25) is 0 Å². The number of nitrogens with zero attached hydrogens (tertiary/aromatic N) is 6. The third-order valence-electron chi connectivity index (χ3n) is 9.23. The number of carbonyl (C=O) groups excluding carboxylic acids is 1. The number of carbonyl (C=O) groups is 1. The monoisotopic (exact) mass is 605 g/mol. The number of rotatable bonds is 7. The van der Waals surface area contributed by atoms with Gasteiger partial charge in [-0.15, -0.1) is 0 Å². The van der Waals surface area contributed by atoms with Crippen LogP contribution < -0.4 is 10.2 Å². The van der Waals surface area contributed by atoms with Crippen molar-refractivity contribution in [2.24, 2.45) is 5.92 Å². The van der Waals surface area contributed by atoms with E-state index in [0.717, 1.165) is 52.9 Å². The van der Waals surface area contributed by atoms with Gasteiger partial charge >= 0.3 is 0 Å². The van der Waals surface area contributed by atoms with Crippen LogP contribution in [-0.2, 0) is 19.5 Å². The lowest BCUT2D eigenvalue weighted by atomic mass is 9.89. The minimum Gasteiger partial charge on any atom is -0.352 e. The van der Waals surface area contributed by atoms with Crippen LogP contribution in [0.25, 0.3) is 21.5 Å². The van der Waals surface area contributed by atoms with E-state index in [1.165, 1.54) is 65.8 Å². The fourth-order valence-corrected chi connectivity index (χ4v) is 7.60. The summed E-state index contributed by atoms with van der Waals surface area (Å²) in [7, 11) is 0. The van der Waals surface area contributed by atoms with Gasteiger partial charge in [0.25, 0.3) is 5.91 Å². The molecule has 44 heavy (non-hydrogen) atoms. The van der Waals surface area contributed by atoms with Gasteiger partial charge in [0.1, 0.15) is 16.2 Å². The van der Waals surface area contributed by atoms with Crippen LogP contribution in [0.3, 0.4) is 0 Å². The van der Waals surface area contributed by atoms with Crippen LogP contribution in [-0.4, -0.2) is 37.2 Å². The van der Waals surface area contributed by atoms with Crippen LogP contribution in [0.5, 0.6) is 0 Å². The van der Waals surface area contributed by atoms with Gasteiger partial charge in [0.2, 0.25) is 0 Å². The van der Waals surface area contributed by atoms with Gasteiger partial charge in [-0.3, -0.25) is 14.8 Å². The second-order valence-corrected chi connectivity index (χ2v) is 13.5. The molecule has 1 fully saturated rings. The molecule has 1 amide bonds. The molecule has 1 aliphatic heterocycles. The molecule has 7 rings (SSSR count). The van der Waals surface area contributed by atoms with E-state index in [-0.39, 0.29) is 11.8 Å². The molecule has 1 N–H and O–H groups in total. The van der Waals surface area contributed by atoms with E-state index < -0.39 is 0 Å². The Kier molecular flexibility index (Phi) is 7.89. The molecule has 1 aromatic carbocycles. The van der Waals surface area contributed by atoms with Crippen LogP contribution in [0.4, 0.5) is 10.9 Å². The molecule has 0 bridgehead atoms. The molecular formula is C35H39N7OS. The lowest BCUT2D eigenvalue weighted by Crippen LogP contribution is -2.33. The molecule has 9 heteroatoms. The first-order valence-electron chi connectivity index (χ1n) is 15.9. The highest BCUT2D eigenvalue weighted by Crippen LogP contribution is 2.35. The fraction of sp³-hybridized carbons (Fsp3) is 0.400. The normalized spacial score (nSPS) is 15.6. The molecule has 5 heterocycles. The minimum atomic E-state index is -0.144.